The number of carbonyl (C=O) groups is 2. The van der Waals surface area contributed by atoms with Gasteiger partial charge >= 0.3 is 6.03 Å². The molecule has 0 spiro atoms. The second kappa shape index (κ2) is 7.43. The molecule has 2 heterocycles. The van der Waals surface area contributed by atoms with E-state index < -0.39 is 5.91 Å². The van der Waals surface area contributed by atoms with E-state index in [0.29, 0.717) is 29.4 Å². The molecule has 0 fully saturated rings. The molecule has 2 aromatic rings. The number of thiophene rings is 1. The molecule has 0 saturated heterocycles. The molecule has 6 nitrogen and oxygen atoms in total. The number of nitrogens with one attached hydrogen (secondary N) is 2. The lowest BCUT2D eigenvalue weighted by atomic mass is 10.1. The SMILES string of the molecule is C[C@@H](NC(=O)N1CCc2cc(C(=O)NO)sc2C1)c1ccc(Cl)cc1. The van der Waals surface area contributed by atoms with Crippen molar-refractivity contribution in [1.82, 2.24) is 15.7 Å². The van der Waals surface area contributed by atoms with Gasteiger partial charge in [-0.25, -0.2) is 10.3 Å². The fourth-order valence-corrected chi connectivity index (χ4v) is 4.01. The smallest absolute Gasteiger partial charge is 0.318 e. The van der Waals surface area contributed by atoms with E-state index in [1.165, 1.54) is 11.3 Å². The van der Waals surface area contributed by atoms with Gasteiger partial charge in [-0.15, -0.1) is 11.3 Å². The van der Waals surface area contributed by atoms with Crippen molar-refractivity contribution in [3.05, 3.63) is 56.2 Å². The van der Waals surface area contributed by atoms with Crippen LogP contribution in [-0.4, -0.2) is 28.6 Å². The molecular weight excluding hydrogens is 362 g/mol. The largest absolute Gasteiger partial charge is 0.331 e. The number of benzene rings is 1. The van der Waals surface area contributed by atoms with Gasteiger partial charge in [-0.2, -0.15) is 0 Å². The first kappa shape index (κ1) is 17.7. The number of amides is 3. The highest BCUT2D eigenvalue weighted by Crippen LogP contribution is 2.28. The summed E-state index contributed by atoms with van der Waals surface area (Å²) in [7, 11) is 0. The molecule has 1 aromatic heterocycles. The summed E-state index contributed by atoms with van der Waals surface area (Å²) in [5, 5.41) is 12.4. The van der Waals surface area contributed by atoms with E-state index in [1.807, 2.05) is 19.1 Å². The summed E-state index contributed by atoms with van der Waals surface area (Å²) >= 11 is 7.19. The Morgan fingerprint density at radius 1 is 1.32 bits per heavy atom. The summed E-state index contributed by atoms with van der Waals surface area (Å²) in [5.74, 6) is -0.522. The van der Waals surface area contributed by atoms with Gasteiger partial charge in [0.15, 0.2) is 0 Å². The van der Waals surface area contributed by atoms with Gasteiger partial charge < -0.3 is 10.2 Å². The molecule has 132 valence electrons. The Labute approximate surface area is 154 Å². The Hall–Kier alpha value is -2.09. The van der Waals surface area contributed by atoms with Crippen molar-refractivity contribution < 1.29 is 14.8 Å². The van der Waals surface area contributed by atoms with Crippen LogP contribution in [0, 0.1) is 0 Å². The normalized spacial score (nSPS) is 14.6. The molecule has 1 aliphatic heterocycles. The van der Waals surface area contributed by atoms with Crippen LogP contribution in [0.5, 0.6) is 0 Å². The molecule has 3 rings (SSSR count). The summed E-state index contributed by atoms with van der Waals surface area (Å²) in [6.07, 6.45) is 0.688. The standard InChI is InChI=1S/C17H18ClN3O3S/c1-10(11-2-4-13(18)5-3-11)19-17(23)21-7-6-12-8-14(16(22)20-24)25-15(12)9-21/h2-5,8,10,24H,6-7,9H2,1H3,(H,19,23)(H,20,22)/t10-/m1/s1. The molecule has 1 atom stereocenters. The van der Waals surface area contributed by atoms with Gasteiger partial charge in [-0.1, -0.05) is 23.7 Å². The minimum atomic E-state index is -0.522. The lowest BCUT2D eigenvalue weighted by Crippen LogP contribution is -2.43. The van der Waals surface area contributed by atoms with Crippen molar-refractivity contribution in [2.75, 3.05) is 6.54 Å². The van der Waals surface area contributed by atoms with E-state index in [4.69, 9.17) is 16.8 Å². The Morgan fingerprint density at radius 3 is 2.72 bits per heavy atom. The zero-order valence-electron chi connectivity index (χ0n) is 13.6. The molecule has 8 heteroatoms. The molecule has 0 radical (unpaired) electrons. The highest BCUT2D eigenvalue weighted by atomic mass is 35.5. The van der Waals surface area contributed by atoms with Gasteiger partial charge in [-0.05, 0) is 42.7 Å². The van der Waals surface area contributed by atoms with E-state index >= 15 is 0 Å². The van der Waals surface area contributed by atoms with E-state index in [1.54, 1.807) is 28.6 Å². The highest BCUT2D eigenvalue weighted by Gasteiger charge is 2.25. The zero-order valence-corrected chi connectivity index (χ0v) is 15.2. The number of rotatable bonds is 3. The maximum Gasteiger partial charge on any atom is 0.318 e. The molecule has 25 heavy (non-hydrogen) atoms. The topological polar surface area (TPSA) is 81.7 Å². The fourth-order valence-electron chi connectivity index (χ4n) is 2.77. The maximum absolute atomic E-state index is 12.5. The predicted octanol–water partition coefficient (Wildman–Crippen LogP) is 3.35. The fraction of sp³-hybridized carbons (Fsp3) is 0.294. The van der Waals surface area contributed by atoms with E-state index in [9.17, 15) is 9.59 Å². The summed E-state index contributed by atoms with van der Waals surface area (Å²) < 4.78 is 0. The van der Waals surface area contributed by atoms with Crippen LogP contribution in [0.15, 0.2) is 30.3 Å². The average Bonchev–Trinajstić information content (AvgIpc) is 3.04. The molecule has 0 unspecified atom stereocenters. The van der Waals surface area contributed by atoms with E-state index in [-0.39, 0.29) is 12.1 Å². The monoisotopic (exact) mass is 379 g/mol. The van der Waals surface area contributed by atoms with Crippen molar-refractivity contribution in [3.8, 4) is 0 Å². The average molecular weight is 380 g/mol. The van der Waals surface area contributed by atoms with Crippen molar-refractivity contribution in [3.63, 3.8) is 0 Å². The summed E-state index contributed by atoms with van der Waals surface area (Å²) in [6, 6.07) is 8.87. The van der Waals surface area contributed by atoms with Gasteiger partial charge in [0.2, 0.25) is 0 Å². The van der Waals surface area contributed by atoms with Gasteiger partial charge in [0.1, 0.15) is 0 Å². The third kappa shape index (κ3) is 3.95. The van der Waals surface area contributed by atoms with Gasteiger partial charge in [0, 0.05) is 16.4 Å². The van der Waals surface area contributed by atoms with Crippen LogP contribution in [0.3, 0.4) is 0 Å². The van der Waals surface area contributed by atoms with Crippen LogP contribution < -0.4 is 10.8 Å². The van der Waals surface area contributed by atoms with E-state index in [0.717, 1.165) is 16.0 Å². The van der Waals surface area contributed by atoms with Crippen LogP contribution in [0.4, 0.5) is 4.79 Å². The Bertz CT molecular complexity index is 791. The van der Waals surface area contributed by atoms with Crippen LogP contribution in [-0.2, 0) is 13.0 Å². The van der Waals surface area contributed by atoms with Crippen molar-refractivity contribution >= 4 is 34.9 Å². The summed E-state index contributed by atoms with van der Waals surface area (Å²) in [6.45, 7) is 2.96. The van der Waals surface area contributed by atoms with E-state index in [2.05, 4.69) is 5.32 Å². The third-order valence-electron chi connectivity index (χ3n) is 4.20. The minimum Gasteiger partial charge on any atom is -0.331 e. The second-order valence-electron chi connectivity index (χ2n) is 5.89. The van der Waals surface area contributed by atoms with Crippen molar-refractivity contribution in [2.45, 2.75) is 25.9 Å². The predicted molar refractivity (Wildman–Crippen MR) is 96.1 cm³/mol. The number of fused-ring (bicyclic) bond motifs is 1. The molecular formula is C17H18ClN3O3S. The lowest BCUT2D eigenvalue weighted by Gasteiger charge is -2.28. The number of carbonyl (C=O) groups excluding carboxylic acids is 2. The molecule has 0 aliphatic carbocycles. The number of hydrogen-bond acceptors (Lipinski definition) is 4. The minimum absolute atomic E-state index is 0.134. The van der Waals surface area contributed by atoms with Crippen molar-refractivity contribution in [2.24, 2.45) is 0 Å². The molecule has 0 saturated carbocycles. The first-order valence-corrected chi connectivity index (χ1v) is 9.04. The summed E-state index contributed by atoms with van der Waals surface area (Å²) in [5.41, 5.74) is 3.68. The van der Waals surface area contributed by atoms with Crippen molar-refractivity contribution in [1.29, 1.82) is 0 Å². The molecule has 3 amide bonds. The quantitative estimate of drug-likeness (QED) is 0.565. The number of halogens is 1. The molecule has 3 N–H and O–H groups in total. The van der Waals surface area contributed by atoms with Gasteiger partial charge in [0.05, 0.1) is 17.5 Å². The Kier molecular flexibility index (Phi) is 5.27. The molecule has 0 bridgehead atoms. The third-order valence-corrected chi connectivity index (χ3v) is 5.62. The van der Waals surface area contributed by atoms with Crippen LogP contribution in [0.25, 0.3) is 0 Å². The lowest BCUT2D eigenvalue weighted by molar-refractivity contribution is 0.0711. The Morgan fingerprint density at radius 2 is 2.04 bits per heavy atom. The maximum atomic E-state index is 12.5. The Balaban J connectivity index is 1.65. The highest BCUT2D eigenvalue weighted by molar-refractivity contribution is 7.14. The number of hydrogen-bond donors (Lipinski definition) is 3. The van der Waals surface area contributed by atoms with Crippen LogP contribution in [0.2, 0.25) is 5.02 Å². The van der Waals surface area contributed by atoms with Crippen LogP contribution in [0.1, 0.15) is 38.6 Å². The molecule has 1 aliphatic rings. The zero-order chi connectivity index (χ0) is 18.0. The number of nitrogens with zero attached hydrogens (tertiary/aromatic N) is 1. The molecule has 1 aromatic carbocycles. The number of urea groups is 1. The first-order chi connectivity index (χ1) is 12.0. The van der Waals surface area contributed by atoms with Gasteiger partial charge in [0.25, 0.3) is 5.91 Å². The second-order valence-corrected chi connectivity index (χ2v) is 7.47. The number of hydroxylamine groups is 1. The first-order valence-electron chi connectivity index (χ1n) is 7.85. The van der Waals surface area contributed by atoms with Gasteiger partial charge in [-0.3, -0.25) is 10.0 Å². The van der Waals surface area contributed by atoms with Crippen LogP contribution >= 0.6 is 22.9 Å². The summed E-state index contributed by atoms with van der Waals surface area (Å²) in [4.78, 5) is 27.2.